The van der Waals surface area contributed by atoms with E-state index in [0.717, 1.165) is 38.5 Å². The predicted octanol–water partition coefficient (Wildman–Crippen LogP) is 1.73. The minimum absolute atomic E-state index is 0.0979. The average molecular weight is 281 g/mol. The summed E-state index contributed by atoms with van der Waals surface area (Å²) in [4.78, 5) is 23.2. The maximum absolute atomic E-state index is 11.8. The monoisotopic (exact) mass is 281 g/mol. The van der Waals surface area contributed by atoms with Crippen molar-refractivity contribution < 1.29 is 19.4 Å². The third kappa shape index (κ3) is 4.34. The summed E-state index contributed by atoms with van der Waals surface area (Å²) in [6, 6.07) is 0. The fraction of sp³-hybridized carbons (Fsp3) is 0.733. The molecule has 5 heteroatoms. The molecule has 2 rings (SSSR count). The third-order valence-electron chi connectivity index (χ3n) is 4.23. The first-order chi connectivity index (χ1) is 9.66. The summed E-state index contributed by atoms with van der Waals surface area (Å²) in [5.41, 5.74) is 1.18. The van der Waals surface area contributed by atoms with Crippen molar-refractivity contribution in [2.45, 2.75) is 38.5 Å². The van der Waals surface area contributed by atoms with Gasteiger partial charge in [0.2, 0.25) is 5.91 Å². The number of allylic oxidation sites excluding steroid dienone is 1. The van der Waals surface area contributed by atoms with Crippen molar-refractivity contribution in [2.75, 3.05) is 19.8 Å². The Morgan fingerprint density at radius 2 is 1.95 bits per heavy atom. The van der Waals surface area contributed by atoms with Crippen molar-refractivity contribution in [2.24, 2.45) is 11.8 Å². The number of carbonyl (C=O) groups is 2. The molecular weight excluding hydrogens is 258 g/mol. The quantitative estimate of drug-likeness (QED) is 0.753. The van der Waals surface area contributed by atoms with E-state index in [-0.39, 0.29) is 18.4 Å². The standard InChI is InChI=1S/C15H23NO4/c17-14(9-11-3-1-2-4-11)16-10-13(15(18)19)12-5-7-20-8-6-12/h9,12-13H,1-8,10H2,(H,16,17)(H,18,19). The lowest BCUT2D eigenvalue weighted by Crippen LogP contribution is -2.38. The Kier molecular flexibility index (Phi) is 5.59. The molecule has 20 heavy (non-hydrogen) atoms. The molecule has 0 radical (unpaired) electrons. The van der Waals surface area contributed by atoms with Gasteiger partial charge < -0.3 is 15.2 Å². The Morgan fingerprint density at radius 3 is 2.55 bits per heavy atom. The number of nitrogens with one attached hydrogen (secondary N) is 1. The second-order valence-electron chi connectivity index (χ2n) is 5.65. The van der Waals surface area contributed by atoms with Gasteiger partial charge in [0.1, 0.15) is 0 Å². The summed E-state index contributed by atoms with van der Waals surface area (Å²) in [6.07, 6.45) is 7.46. The van der Waals surface area contributed by atoms with Gasteiger partial charge in [-0.2, -0.15) is 0 Å². The molecule has 1 saturated heterocycles. The SMILES string of the molecule is O=C(C=C1CCCC1)NCC(C(=O)O)C1CCOCC1. The minimum atomic E-state index is -0.828. The highest BCUT2D eigenvalue weighted by molar-refractivity contribution is 5.88. The van der Waals surface area contributed by atoms with Gasteiger partial charge in [-0.15, -0.1) is 0 Å². The smallest absolute Gasteiger partial charge is 0.308 e. The maximum Gasteiger partial charge on any atom is 0.308 e. The summed E-state index contributed by atoms with van der Waals surface area (Å²) in [5, 5.41) is 12.1. The van der Waals surface area contributed by atoms with Crippen molar-refractivity contribution in [1.29, 1.82) is 0 Å². The zero-order valence-corrected chi connectivity index (χ0v) is 11.8. The van der Waals surface area contributed by atoms with Crippen LogP contribution in [0.2, 0.25) is 0 Å². The van der Waals surface area contributed by atoms with E-state index in [0.29, 0.717) is 13.2 Å². The Hall–Kier alpha value is -1.36. The van der Waals surface area contributed by atoms with E-state index < -0.39 is 11.9 Å². The number of ether oxygens (including phenoxy) is 1. The second kappa shape index (κ2) is 7.43. The molecule has 5 nitrogen and oxygen atoms in total. The molecule has 1 aliphatic carbocycles. The van der Waals surface area contributed by atoms with Crippen molar-refractivity contribution in [3.05, 3.63) is 11.6 Å². The van der Waals surface area contributed by atoms with E-state index in [1.807, 2.05) is 0 Å². The van der Waals surface area contributed by atoms with E-state index in [9.17, 15) is 14.7 Å². The number of aliphatic carboxylic acids is 1. The number of amides is 1. The van der Waals surface area contributed by atoms with Gasteiger partial charge in [0, 0.05) is 25.8 Å². The van der Waals surface area contributed by atoms with Crippen LogP contribution in [0, 0.1) is 11.8 Å². The minimum Gasteiger partial charge on any atom is -0.481 e. The average Bonchev–Trinajstić information content (AvgIpc) is 2.92. The lowest BCUT2D eigenvalue weighted by molar-refractivity contribution is -0.144. The van der Waals surface area contributed by atoms with E-state index in [4.69, 9.17) is 4.74 Å². The molecule has 1 amide bonds. The molecule has 1 aliphatic heterocycles. The van der Waals surface area contributed by atoms with Gasteiger partial charge in [0.05, 0.1) is 5.92 Å². The van der Waals surface area contributed by atoms with Crippen molar-refractivity contribution in [1.82, 2.24) is 5.32 Å². The van der Waals surface area contributed by atoms with E-state index in [1.165, 1.54) is 5.57 Å². The van der Waals surface area contributed by atoms with Crippen LogP contribution in [0.5, 0.6) is 0 Å². The van der Waals surface area contributed by atoms with Gasteiger partial charge in [-0.1, -0.05) is 5.57 Å². The molecule has 0 aromatic rings. The second-order valence-corrected chi connectivity index (χ2v) is 5.65. The molecule has 1 atom stereocenters. The Bertz CT molecular complexity index is 377. The lowest BCUT2D eigenvalue weighted by atomic mass is 9.86. The van der Waals surface area contributed by atoms with Gasteiger partial charge in [0.25, 0.3) is 0 Å². The molecule has 0 bridgehead atoms. The summed E-state index contributed by atoms with van der Waals surface area (Å²) >= 11 is 0. The summed E-state index contributed by atoms with van der Waals surface area (Å²) in [5.74, 6) is -1.39. The van der Waals surface area contributed by atoms with Crippen LogP contribution in [-0.4, -0.2) is 36.7 Å². The molecule has 2 N–H and O–H groups in total. The van der Waals surface area contributed by atoms with Crippen molar-refractivity contribution in [3.63, 3.8) is 0 Å². The molecule has 2 fully saturated rings. The van der Waals surface area contributed by atoms with E-state index in [1.54, 1.807) is 6.08 Å². The largest absolute Gasteiger partial charge is 0.481 e. The molecule has 0 aromatic heterocycles. The Morgan fingerprint density at radius 1 is 1.30 bits per heavy atom. The first-order valence-corrected chi connectivity index (χ1v) is 7.44. The molecular formula is C15H23NO4. The number of carbonyl (C=O) groups excluding carboxylic acids is 1. The highest BCUT2D eigenvalue weighted by atomic mass is 16.5. The summed E-state index contributed by atoms with van der Waals surface area (Å²) in [7, 11) is 0. The highest BCUT2D eigenvalue weighted by Crippen LogP contribution is 2.24. The zero-order chi connectivity index (χ0) is 14.4. The molecule has 112 valence electrons. The normalized spacial score (nSPS) is 21.5. The van der Waals surface area contributed by atoms with Crippen molar-refractivity contribution >= 4 is 11.9 Å². The van der Waals surface area contributed by atoms with Crippen LogP contribution in [0.3, 0.4) is 0 Å². The fourth-order valence-corrected chi connectivity index (χ4v) is 2.99. The van der Waals surface area contributed by atoms with Crippen LogP contribution >= 0.6 is 0 Å². The first-order valence-electron chi connectivity index (χ1n) is 7.44. The molecule has 1 heterocycles. The Balaban J connectivity index is 1.83. The third-order valence-corrected chi connectivity index (χ3v) is 4.23. The van der Waals surface area contributed by atoms with Crippen LogP contribution in [0.4, 0.5) is 0 Å². The zero-order valence-electron chi connectivity index (χ0n) is 11.8. The summed E-state index contributed by atoms with van der Waals surface area (Å²) in [6.45, 7) is 1.45. The van der Waals surface area contributed by atoms with Crippen LogP contribution in [0.25, 0.3) is 0 Å². The molecule has 0 aromatic carbocycles. The highest BCUT2D eigenvalue weighted by Gasteiger charge is 2.29. The predicted molar refractivity (Wildman–Crippen MR) is 74.2 cm³/mol. The molecule has 0 spiro atoms. The number of carboxylic acid groups (broad SMARTS) is 1. The first kappa shape index (κ1) is 15.0. The number of rotatable bonds is 5. The number of hydrogen-bond donors (Lipinski definition) is 2. The van der Waals surface area contributed by atoms with E-state index >= 15 is 0 Å². The van der Waals surface area contributed by atoms with Gasteiger partial charge in [-0.05, 0) is 44.4 Å². The Labute approximate surface area is 119 Å². The van der Waals surface area contributed by atoms with Gasteiger partial charge in [-0.3, -0.25) is 9.59 Å². The number of carboxylic acids is 1. The maximum atomic E-state index is 11.8. The molecule has 2 aliphatic rings. The molecule has 1 saturated carbocycles. The topological polar surface area (TPSA) is 75.6 Å². The lowest BCUT2D eigenvalue weighted by Gasteiger charge is -2.27. The fourth-order valence-electron chi connectivity index (χ4n) is 2.99. The van der Waals surface area contributed by atoms with Crippen LogP contribution in [0.1, 0.15) is 38.5 Å². The number of hydrogen-bond acceptors (Lipinski definition) is 3. The van der Waals surface area contributed by atoms with Crippen LogP contribution < -0.4 is 5.32 Å². The van der Waals surface area contributed by atoms with Crippen molar-refractivity contribution in [3.8, 4) is 0 Å². The van der Waals surface area contributed by atoms with E-state index in [2.05, 4.69) is 5.32 Å². The molecule has 1 unspecified atom stereocenters. The van der Waals surface area contributed by atoms with Crippen LogP contribution in [0.15, 0.2) is 11.6 Å². The summed E-state index contributed by atoms with van der Waals surface area (Å²) < 4.78 is 5.25. The van der Waals surface area contributed by atoms with Gasteiger partial charge in [0.15, 0.2) is 0 Å². The van der Waals surface area contributed by atoms with Gasteiger partial charge in [-0.25, -0.2) is 0 Å². The van der Waals surface area contributed by atoms with Gasteiger partial charge >= 0.3 is 5.97 Å². The van der Waals surface area contributed by atoms with Crippen LogP contribution in [-0.2, 0) is 14.3 Å².